The van der Waals surface area contributed by atoms with Crippen molar-refractivity contribution in [2.45, 2.75) is 0 Å². The van der Waals surface area contributed by atoms with E-state index in [9.17, 15) is 22.0 Å². The Balaban J connectivity index is 1.70. The van der Waals surface area contributed by atoms with Crippen LogP contribution in [-0.2, 0) is 9.84 Å². The first kappa shape index (κ1) is 19.3. The van der Waals surface area contributed by atoms with Crippen LogP contribution in [-0.4, -0.2) is 48.8 Å². The Morgan fingerprint density at radius 2 is 1.69 bits per heavy atom. The highest BCUT2D eigenvalue weighted by atomic mass is 32.2. The first-order valence-corrected chi connectivity index (χ1v) is 10.8. The Morgan fingerprint density at radius 3 is 2.41 bits per heavy atom. The fourth-order valence-electron chi connectivity index (χ4n) is 3.28. The topological polar surface area (TPSA) is 79.4 Å². The summed E-state index contributed by atoms with van der Waals surface area (Å²) in [5, 5.41) is 3.93. The molecule has 150 valence electrons. The van der Waals surface area contributed by atoms with Crippen molar-refractivity contribution in [2.24, 2.45) is 0 Å². The molecular formula is C20H17F2N3O3S. The van der Waals surface area contributed by atoms with Crippen molar-refractivity contribution >= 4 is 38.0 Å². The molecule has 0 unspecified atom stereocenters. The molecule has 1 aliphatic heterocycles. The summed E-state index contributed by atoms with van der Waals surface area (Å²) in [4.78, 5) is 18.7. The zero-order valence-electron chi connectivity index (χ0n) is 15.2. The highest BCUT2D eigenvalue weighted by molar-refractivity contribution is 7.91. The van der Waals surface area contributed by atoms with Crippen LogP contribution in [0.15, 0.2) is 48.7 Å². The molecule has 0 radical (unpaired) electrons. The summed E-state index contributed by atoms with van der Waals surface area (Å²) in [5.41, 5.74) is 0.258. The van der Waals surface area contributed by atoms with Gasteiger partial charge in [0.2, 0.25) is 0 Å². The molecule has 0 atom stereocenters. The monoisotopic (exact) mass is 417 g/mol. The molecule has 1 amide bonds. The standard InChI is InChI=1S/C20H17F2N3O3S/c21-16-6-3-7-17(18(16)22)24-19-14-5-2-1-4-13(14)15(12-23-19)20(26)25-8-10-29(27,28)11-9-25/h1-7,12H,8-11H2,(H,23,24). The number of halogens is 2. The number of benzene rings is 2. The van der Waals surface area contributed by atoms with Gasteiger partial charge in [-0.15, -0.1) is 0 Å². The molecule has 0 saturated carbocycles. The molecule has 3 aromatic rings. The first-order chi connectivity index (χ1) is 13.9. The minimum absolute atomic E-state index is 0.0667. The Kier molecular flexibility index (Phi) is 4.91. The molecule has 1 aromatic heterocycles. The maximum absolute atomic E-state index is 14.0. The predicted octanol–water partition coefficient (Wildman–Crippen LogP) is 3.13. The van der Waals surface area contributed by atoms with E-state index < -0.39 is 21.5 Å². The molecule has 0 spiro atoms. The molecule has 2 aromatic carbocycles. The van der Waals surface area contributed by atoms with Gasteiger partial charge in [0.05, 0.1) is 22.8 Å². The smallest absolute Gasteiger partial charge is 0.256 e. The highest BCUT2D eigenvalue weighted by Crippen LogP contribution is 2.29. The molecule has 1 fully saturated rings. The molecule has 4 rings (SSSR count). The lowest BCUT2D eigenvalue weighted by Gasteiger charge is -2.27. The Morgan fingerprint density at radius 1 is 1.00 bits per heavy atom. The van der Waals surface area contributed by atoms with Gasteiger partial charge < -0.3 is 10.2 Å². The number of amides is 1. The van der Waals surface area contributed by atoms with E-state index in [0.29, 0.717) is 16.3 Å². The summed E-state index contributed by atoms with van der Waals surface area (Å²) in [7, 11) is -3.11. The van der Waals surface area contributed by atoms with Gasteiger partial charge in [0.15, 0.2) is 21.5 Å². The van der Waals surface area contributed by atoms with Gasteiger partial charge in [-0.1, -0.05) is 30.3 Å². The Hall–Kier alpha value is -3.07. The quantitative estimate of drug-likeness (QED) is 0.708. The second kappa shape index (κ2) is 7.40. The summed E-state index contributed by atoms with van der Waals surface area (Å²) in [5.74, 6) is -2.17. The second-order valence-corrected chi connectivity index (χ2v) is 9.04. The Bertz CT molecular complexity index is 1200. The zero-order chi connectivity index (χ0) is 20.6. The molecular weight excluding hydrogens is 400 g/mol. The van der Waals surface area contributed by atoms with Crippen molar-refractivity contribution in [3.05, 3.63) is 65.9 Å². The third-order valence-electron chi connectivity index (χ3n) is 4.86. The van der Waals surface area contributed by atoms with Crippen LogP contribution in [0.2, 0.25) is 0 Å². The molecule has 1 aliphatic rings. The second-order valence-electron chi connectivity index (χ2n) is 6.74. The average Bonchev–Trinajstić information content (AvgIpc) is 2.71. The van der Waals surface area contributed by atoms with Crippen molar-refractivity contribution in [3.8, 4) is 0 Å². The van der Waals surface area contributed by atoms with Crippen molar-refractivity contribution < 1.29 is 22.0 Å². The molecule has 29 heavy (non-hydrogen) atoms. The van der Waals surface area contributed by atoms with Gasteiger partial charge in [0, 0.05) is 24.7 Å². The molecule has 1 N–H and O–H groups in total. The van der Waals surface area contributed by atoms with E-state index in [2.05, 4.69) is 10.3 Å². The van der Waals surface area contributed by atoms with Crippen LogP contribution in [0.4, 0.5) is 20.3 Å². The number of hydrogen-bond donors (Lipinski definition) is 1. The summed E-state index contributed by atoms with van der Waals surface area (Å²) in [6, 6.07) is 10.8. The Labute approximate surface area is 166 Å². The van der Waals surface area contributed by atoms with E-state index in [-0.39, 0.29) is 42.0 Å². The molecule has 1 saturated heterocycles. The van der Waals surface area contributed by atoms with Crippen LogP contribution < -0.4 is 5.32 Å². The van der Waals surface area contributed by atoms with Crippen molar-refractivity contribution in [2.75, 3.05) is 29.9 Å². The normalized spacial score (nSPS) is 16.0. The summed E-state index contributed by atoms with van der Waals surface area (Å²) >= 11 is 0. The number of rotatable bonds is 3. The number of anilines is 2. The van der Waals surface area contributed by atoms with Crippen LogP contribution in [0.5, 0.6) is 0 Å². The predicted molar refractivity (Wildman–Crippen MR) is 106 cm³/mol. The van der Waals surface area contributed by atoms with E-state index in [0.717, 1.165) is 6.07 Å². The van der Waals surface area contributed by atoms with Crippen LogP contribution in [0, 0.1) is 11.6 Å². The van der Waals surface area contributed by atoms with Crippen molar-refractivity contribution in [1.29, 1.82) is 0 Å². The number of fused-ring (bicyclic) bond motifs is 1. The minimum atomic E-state index is -3.11. The number of pyridine rings is 1. The van der Waals surface area contributed by atoms with E-state index in [1.807, 2.05) is 0 Å². The van der Waals surface area contributed by atoms with E-state index in [4.69, 9.17) is 0 Å². The van der Waals surface area contributed by atoms with Crippen LogP contribution in [0.3, 0.4) is 0 Å². The fourth-order valence-corrected chi connectivity index (χ4v) is 4.48. The number of hydrogen-bond acceptors (Lipinski definition) is 5. The number of sulfone groups is 1. The number of nitrogens with zero attached hydrogens (tertiary/aromatic N) is 2. The lowest BCUT2D eigenvalue weighted by atomic mass is 10.1. The summed E-state index contributed by atoms with van der Waals surface area (Å²) in [6.07, 6.45) is 1.37. The zero-order valence-corrected chi connectivity index (χ0v) is 16.0. The van der Waals surface area contributed by atoms with Gasteiger partial charge >= 0.3 is 0 Å². The van der Waals surface area contributed by atoms with Gasteiger partial charge in [-0.2, -0.15) is 0 Å². The van der Waals surface area contributed by atoms with E-state index in [1.54, 1.807) is 24.3 Å². The number of carbonyl (C=O) groups excluding carboxylic acids is 1. The van der Waals surface area contributed by atoms with E-state index >= 15 is 0 Å². The molecule has 2 heterocycles. The molecule has 0 aliphatic carbocycles. The lowest BCUT2D eigenvalue weighted by molar-refractivity contribution is 0.0772. The highest BCUT2D eigenvalue weighted by Gasteiger charge is 2.27. The van der Waals surface area contributed by atoms with Gasteiger partial charge in [-0.25, -0.2) is 22.2 Å². The van der Waals surface area contributed by atoms with Gasteiger partial charge in [-0.3, -0.25) is 4.79 Å². The van der Waals surface area contributed by atoms with Crippen LogP contribution in [0.25, 0.3) is 10.8 Å². The van der Waals surface area contributed by atoms with Crippen LogP contribution >= 0.6 is 0 Å². The molecule has 6 nitrogen and oxygen atoms in total. The van der Waals surface area contributed by atoms with Crippen LogP contribution in [0.1, 0.15) is 10.4 Å². The van der Waals surface area contributed by atoms with Gasteiger partial charge in [0.1, 0.15) is 5.82 Å². The average molecular weight is 417 g/mol. The van der Waals surface area contributed by atoms with E-state index in [1.165, 1.54) is 23.2 Å². The SMILES string of the molecule is O=C(c1cnc(Nc2cccc(F)c2F)c2ccccc12)N1CCS(=O)(=O)CC1. The number of nitrogens with one attached hydrogen (secondary N) is 1. The molecule has 9 heteroatoms. The number of aromatic nitrogens is 1. The van der Waals surface area contributed by atoms with Crippen molar-refractivity contribution in [3.63, 3.8) is 0 Å². The fraction of sp³-hybridized carbons (Fsp3) is 0.200. The maximum atomic E-state index is 14.0. The largest absolute Gasteiger partial charge is 0.337 e. The third-order valence-corrected chi connectivity index (χ3v) is 6.47. The van der Waals surface area contributed by atoms with Gasteiger partial charge in [-0.05, 0) is 17.5 Å². The minimum Gasteiger partial charge on any atom is -0.337 e. The summed E-state index contributed by atoms with van der Waals surface area (Å²) in [6.45, 7) is 0.258. The first-order valence-electron chi connectivity index (χ1n) is 8.94. The lowest BCUT2D eigenvalue weighted by Crippen LogP contribution is -2.43. The van der Waals surface area contributed by atoms with Crippen molar-refractivity contribution in [1.82, 2.24) is 9.88 Å². The third kappa shape index (κ3) is 3.77. The summed E-state index contributed by atoms with van der Waals surface area (Å²) < 4.78 is 50.8. The number of carbonyl (C=O) groups is 1. The van der Waals surface area contributed by atoms with Gasteiger partial charge in [0.25, 0.3) is 5.91 Å². The molecule has 0 bridgehead atoms. The maximum Gasteiger partial charge on any atom is 0.256 e.